The number of aliphatic hydroxyl groups excluding tert-OH is 1. The van der Waals surface area contributed by atoms with Crippen LogP contribution >= 0.6 is 0 Å². The molecule has 0 saturated carbocycles. The Morgan fingerprint density at radius 3 is 2.83 bits per heavy atom. The number of rotatable bonds is 4. The van der Waals surface area contributed by atoms with Crippen LogP contribution in [-0.2, 0) is 13.2 Å². The zero-order valence-electron chi connectivity index (χ0n) is 10.6. The third-order valence-electron chi connectivity index (χ3n) is 3.60. The molecule has 2 rings (SSSR count). The number of hydrogen-bond acceptors (Lipinski definition) is 3. The maximum Gasteiger partial charge on any atom is 0.123 e. The summed E-state index contributed by atoms with van der Waals surface area (Å²) in [6.45, 7) is 8.35. The van der Waals surface area contributed by atoms with Gasteiger partial charge in [-0.2, -0.15) is 0 Å². The molecule has 1 aromatic rings. The second-order valence-corrected chi connectivity index (χ2v) is 4.59. The standard InChI is InChI=1S/C14H19FN2O/c1-3-16-6-7-17(11(16)2)9-13-8-14(15)5-4-12(13)10-18/h3-5,8,11,18H,1,6-7,9-10H2,2H3. The SMILES string of the molecule is C=CN1CCN(Cc2cc(F)ccc2CO)C1C. The van der Waals surface area contributed by atoms with Crippen molar-refractivity contribution >= 4 is 0 Å². The van der Waals surface area contributed by atoms with E-state index in [1.807, 2.05) is 6.20 Å². The average Bonchev–Trinajstić information content (AvgIpc) is 2.71. The van der Waals surface area contributed by atoms with E-state index in [2.05, 4.69) is 23.3 Å². The zero-order valence-corrected chi connectivity index (χ0v) is 10.6. The number of hydrogen-bond donors (Lipinski definition) is 1. The van der Waals surface area contributed by atoms with E-state index in [1.165, 1.54) is 12.1 Å². The topological polar surface area (TPSA) is 26.7 Å². The van der Waals surface area contributed by atoms with Crippen LogP contribution in [0.25, 0.3) is 0 Å². The number of benzene rings is 1. The molecule has 98 valence electrons. The van der Waals surface area contributed by atoms with E-state index in [1.54, 1.807) is 6.07 Å². The van der Waals surface area contributed by atoms with Crippen molar-refractivity contribution in [3.63, 3.8) is 0 Å². The van der Waals surface area contributed by atoms with E-state index in [0.29, 0.717) is 6.54 Å². The van der Waals surface area contributed by atoms with Crippen molar-refractivity contribution in [3.8, 4) is 0 Å². The van der Waals surface area contributed by atoms with Crippen LogP contribution in [0.1, 0.15) is 18.1 Å². The Labute approximate surface area is 107 Å². The predicted molar refractivity (Wildman–Crippen MR) is 69.1 cm³/mol. The summed E-state index contributed by atoms with van der Waals surface area (Å²) in [6, 6.07) is 4.55. The molecular formula is C14H19FN2O. The number of nitrogens with zero attached hydrogens (tertiary/aromatic N) is 2. The Kier molecular flexibility index (Phi) is 3.99. The molecule has 3 nitrogen and oxygen atoms in total. The molecule has 1 N–H and O–H groups in total. The fourth-order valence-electron chi connectivity index (χ4n) is 2.40. The van der Waals surface area contributed by atoms with Gasteiger partial charge in [0.05, 0.1) is 12.8 Å². The Bertz CT molecular complexity index is 436. The van der Waals surface area contributed by atoms with Crippen LogP contribution in [0.4, 0.5) is 4.39 Å². The van der Waals surface area contributed by atoms with Crippen molar-refractivity contribution in [3.05, 3.63) is 47.9 Å². The summed E-state index contributed by atoms with van der Waals surface area (Å²) in [7, 11) is 0. The van der Waals surface area contributed by atoms with Crippen molar-refractivity contribution < 1.29 is 9.50 Å². The molecule has 1 unspecified atom stereocenters. The molecule has 0 aliphatic carbocycles. The maximum absolute atomic E-state index is 13.3. The molecular weight excluding hydrogens is 231 g/mol. The van der Waals surface area contributed by atoms with Crippen molar-refractivity contribution in [2.45, 2.75) is 26.2 Å². The van der Waals surface area contributed by atoms with Crippen LogP contribution in [0.15, 0.2) is 31.0 Å². The van der Waals surface area contributed by atoms with Gasteiger partial charge in [0.15, 0.2) is 0 Å². The molecule has 0 spiro atoms. The largest absolute Gasteiger partial charge is 0.392 e. The number of halogens is 1. The summed E-state index contributed by atoms with van der Waals surface area (Å²) in [5, 5.41) is 9.28. The van der Waals surface area contributed by atoms with Gasteiger partial charge in [-0.1, -0.05) is 12.6 Å². The van der Waals surface area contributed by atoms with E-state index in [-0.39, 0.29) is 18.6 Å². The molecule has 1 atom stereocenters. The zero-order chi connectivity index (χ0) is 13.1. The molecule has 0 amide bonds. The van der Waals surface area contributed by atoms with E-state index < -0.39 is 0 Å². The maximum atomic E-state index is 13.3. The quantitative estimate of drug-likeness (QED) is 0.884. The minimum absolute atomic E-state index is 0.0526. The minimum Gasteiger partial charge on any atom is -0.392 e. The second-order valence-electron chi connectivity index (χ2n) is 4.59. The summed E-state index contributed by atoms with van der Waals surface area (Å²) >= 11 is 0. The minimum atomic E-state index is -0.255. The normalized spacial score (nSPS) is 20.4. The highest BCUT2D eigenvalue weighted by atomic mass is 19.1. The molecule has 1 fully saturated rings. The van der Waals surface area contributed by atoms with E-state index >= 15 is 0 Å². The van der Waals surface area contributed by atoms with Gasteiger partial charge in [-0.05, 0) is 36.4 Å². The highest BCUT2D eigenvalue weighted by molar-refractivity contribution is 5.27. The van der Waals surface area contributed by atoms with Crippen molar-refractivity contribution in [1.82, 2.24) is 9.80 Å². The summed E-state index contributed by atoms with van der Waals surface area (Å²) in [5.74, 6) is -0.255. The van der Waals surface area contributed by atoms with Gasteiger partial charge in [0.2, 0.25) is 0 Å². The van der Waals surface area contributed by atoms with Crippen molar-refractivity contribution in [2.75, 3.05) is 13.1 Å². The van der Waals surface area contributed by atoms with Crippen LogP contribution < -0.4 is 0 Å². The molecule has 1 heterocycles. The molecule has 1 saturated heterocycles. The molecule has 4 heteroatoms. The fraction of sp³-hybridized carbons (Fsp3) is 0.429. The molecule has 0 aromatic heterocycles. The van der Waals surface area contributed by atoms with Crippen molar-refractivity contribution in [2.24, 2.45) is 0 Å². The van der Waals surface area contributed by atoms with E-state index in [9.17, 15) is 9.50 Å². The second kappa shape index (κ2) is 5.50. The van der Waals surface area contributed by atoms with Crippen LogP contribution in [0.5, 0.6) is 0 Å². The molecule has 0 radical (unpaired) electrons. The van der Waals surface area contributed by atoms with Gasteiger partial charge in [-0.25, -0.2) is 4.39 Å². The third kappa shape index (κ3) is 2.54. The van der Waals surface area contributed by atoms with Crippen LogP contribution in [-0.4, -0.2) is 34.2 Å². The first-order valence-electron chi connectivity index (χ1n) is 6.16. The average molecular weight is 250 g/mol. The Balaban J connectivity index is 2.14. The third-order valence-corrected chi connectivity index (χ3v) is 3.60. The smallest absolute Gasteiger partial charge is 0.123 e. The molecule has 1 aliphatic heterocycles. The first-order valence-corrected chi connectivity index (χ1v) is 6.16. The van der Waals surface area contributed by atoms with Crippen molar-refractivity contribution in [1.29, 1.82) is 0 Å². The Morgan fingerprint density at radius 1 is 1.44 bits per heavy atom. The van der Waals surface area contributed by atoms with Gasteiger partial charge in [0.25, 0.3) is 0 Å². The molecule has 1 aliphatic rings. The predicted octanol–water partition coefficient (Wildman–Crippen LogP) is 1.93. The summed E-state index contributed by atoms with van der Waals surface area (Å²) in [4.78, 5) is 4.40. The first kappa shape index (κ1) is 13.1. The summed E-state index contributed by atoms with van der Waals surface area (Å²) in [5.41, 5.74) is 1.65. The van der Waals surface area contributed by atoms with Crippen LogP contribution in [0.2, 0.25) is 0 Å². The Hall–Kier alpha value is -1.39. The highest BCUT2D eigenvalue weighted by Gasteiger charge is 2.26. The van der Waals surface area contributed by atoms with Gasteiger partial charge in [-0.3, -0.25) is 4.90 Å². The molecule has 18 heavy (non-hydrogen) atoms. The van der Waals surface area contributed by atoms with Crippen LogP contribution in [0, 0.1) is 5.82 Å². The van der Waals surface area contributed by atoms with Crippen LogP contribution in [0.3, 0.4) is 0 Å². The molecule has 0 bridgehead atoms. The monoisotopic (exact) mass is 250 g/mol. The molecule has 1 aromatic carbocycles. The first-order chi connectivity index (χ1) is 8.65. The lowest BCUT2D eigenvalue weighted by Gasteiger charge is -2.26. The fourth-order valence-corrected chi connectivity index (χ4v) is 2.40. The van der Waals surface area contributed by atoms with Gasteiger partial charge < -0.3 is 10.0 Å². The van der Waals surface area contributed by atoms with Gasteiger partial charge >= 0.3 is 0 Å². The number of aliphatic hydroxyl groups is 1. The Morgan fingerprint density at radius 2 is 2.22 bits per heavy atom. The van der Waals surface area contributed by atoms with Gasteiger partial charge in [0.1, 0.15) is 5.82 Å². The lowest BCUT2D eigenvalue weighted by Crippen LogP contribution is -2.33. The lowest BCUT2D eigenvalue weighted by molar-refractivity contribution is 0.183. The highest BCUT2D eigenvalue weighted by Crippen LogP contribution is 2.20. The van der Waals surface area contributed by atoms with Gasteiger partial charge in [0, 0.05) is 19.6 Å². The van der Waals surface area contributed by atoms with Gasteiger partial charge in [-0.15, -0.1) is 0 Å². The summed E-state index contributed by atoms with van der Waals surface area (Å²) in [6.07, 6.45) is 2.10. The summed E-state index contributed by atoms with van der Waals surface area (Å²) < 4.78 is 13.3. The lowest BCUT2D eigenvalue weighted by atomic mass is 10.1. The van der Waals surface area contributed by atoms with E-state index in [4.69, 9.17) is 0 Å². The van der Waals surface area contributed by atoms with E-state index in [0.717, 1.165) is 24.2 Å².